The summed E-state index contributed by atoms with van der Waals surface area (Å²) in [6, 6.07) is 16.0. The van der Waals surface area contributed by atoms with Crippen LogP contribution in [0.2, 0.25) is 0 Å². The van der Waals surface area contributed by atoms with Gasteiger partial charge in [0.25, 0.3) is 15.9 Å². The zero-order valence-electron chi connectivity index (χ0n) is 14.9. The molecule has 2 atom stereocenters. The molecule has 2 fully saturated rings. The molecule has 2 aliphatic rings. The third-order valence-corrected chi connectivity index (χ3v) is 6.66. The van der Waals surface area contributed by atoms with Gasteiger partial charge in [0.15, 0.2) is 0 Å². The maximum Gasteiger partial charge on any atom is 0.261 e. The number of rotatable bonds is 5. The van der Waals surface area contributed by atoms with E-state index in [0.717, 1.165) is 12.8 Å². The second-order valence-electron chi connectivity index (χ2n) is 7.28. The Hall–Kier alpha value is -2.38. The smallest absolute Gasteiger partial charge is 0.261 e. The second-order valence-corrected chi connectivity index (χ2v) is 8.96. The summed E-state index contributed by atoms with van der Waals surface area (Å²) in [6.07, 6.45) is 4.27. The van der Waals surface area contributed by atoms with Crippen molar-refractivity contribution < 1.29 is 13.2 Å². The van der Waals surface area contributed by atoms with E-state index in [1.54, 1.807) is 36.4 Å². The van der Waals surface area contributed by atoms with Gasteiger partial charge in [-0.15, -0.1) is 0 Å². The number of hydrogen-bond donors (Lipinski definition) is 3. The molecular weight excluding hydrogens is 362 g/mol. The molecule has 4 rings (SSSR count). The van der Waals surface area contributed by atoms with Gasteiger partial charge in [0.05, 0.1) is 4.90 Å². The minimum Gasteiger partial charge on any atom is -0.349 e. The Morgan fingerprint density at radius 2 is 1.56 bits per heavy atom. The van der Waals surface area contributed by atoms with Gasteiger partial charge in [0.2, 0.25) is 0 Å². The molecule has 2 unspecified atom stereocenters. The molecule has 2 aliphatic heterocycles. The number of fused-ring (bicyclic) bond motifs is 2. The fourth-order valence-corrected chi connectivity index (χ4v) is 5.01. The summed E-state index contributed by atoms with van der Waals surface area (Å²) in [5.74, 6) is -0.152. The van der Waals surface area contributed by atoms with Crippen LogP contribution in [0.5, 0.6) is 0 Å². The molecule has 0 spiro atoms. The summed E-state index contributed by atoms with van der Waals surface area (Å²) in [7, 11) is -3.68. The van der Waals surface area contributed by atoms with Crippen LogP contribution in [-0.2, 0) is 10.0 Å². The van der Waals surface area contributed by atoms with Crippen LogP contribution in [0.1, 0.15) is 36.0 Å². The maximum atomic E-state index is 12.5. The summed E-state index contributed by atoms with van der Waals surface area (Å²) < 4.78 is 27.5. The van der Waals surface area contributed by atoms with Crippen LogP contribution < -0.4 is 15.4 Å². The van der Waals surface area contributed by atoms with Crippen molar-refractivity contribution >= 4 is 21.6 Å². The first-order valence-electron chi connectivity index (χ1n) is 9.24. The molecular formula is C20H23N3O3S. The predicted octanol–water partition coefficient (Wildman–Crippen LogP) is 2.50. The Morgan fingerprint density at radius 1 is 0.926 bits per heavy atom. The van der Waals surface area contributed by atoms with E-state index in [4.69, 9.17) is 0 Å². The first-order chi connectivity index (χ1) is 13.0. The number of piperidine rings is 1. The molecule has 27 heavy (non-hydrogen) atoms. The largest absolute Gasteiger partial charge is 0.349 e. The van der Waals surface area contributed by atoms with Gasteiger partial charge in [-0.1, -0.05) is 18.2 Å². The zero-order chi connectivity index (χ0) is 18.9. The Morgan fingerprint density at radius 3 is 2.19 bits per heavy atom. The van der Waals surface area contributed by atoms with Gasteiger partial charge in [0, 0.05) is 29.4 Å². The maximum absolute atomic E-state index is 12.5. The van der Waals surface area contributed by atoms with Crippen molar-refractivity contribution in [2.24, 2.45) is 0 Å². The molecule has 0 radical (unpaired) electrons. The standard InChI is InChI=1S/C20H23N3O3S/c24-20(22-18-12-16-8-9-17(13-18)21-16)14-6-10-19(11-7-14)27(25,26)23-15-4-2-1-3-5-15/h1-7,10-11,16-18,21,23H,8-9,12-13H2,(H,22,24). The average molecular weight is 385 g/mol. The third-order valence-electron chi connectivity index (χ3n) is 5.26. The normalized spacial score (nSPS) is 24.4. The highest BCUT2D eigenvalue weighted by Gasteiger charge is 2.34. The Balaban J connectivity index is 1.41. The van der Waals surface area contributed by atoms with Crippen molar-refractivity contribution in [2.75, 3.05) is 4.72 Å². The topological polar surface area (TPSA) is 87.3 Å². The SMILES string of the molecule is O=C(NC1CC2CCC(C1)N2)c1ccc(S(=O)(=O)Nc2ccccc2)cc1. The average Bonchev–Trinajstić information content (AvgIpc) is 3.00. The fraction of sp³-hybridized carbons (Fsp3) is 0.350. The highest BCUT2D eigenvalue weighted by molar-refractivity contribution is 7.92. The molecule has 142 valence electrons. The molecule has 0 aromatic heterocycles. The minimum atomic E-state index is -3.68. The first kappa shape index (κ1) is 18.0. The number of benzene rings is 2. The summed E-state index contributed by atoms with van der Waals surface area (Å²) in [5.41, 5.74) is 0.972. The van der Waals surface area contributed by atoms with E-state index in [1.165, 1.54) is 25.0 Å². The Kier molecular flexibility index (Phi) is 4.88. The van der Waals surface area contributed by atoms with Gasteiger partial charge in [-0.05, 0) is 62.1 Å². The van der Waals surface area contributed by atoms with E-state index < -0.39 is 10.0 Å². The molecule has 2 bridgehead atoms. The van der Waals surface area contributed by atoms with Crippen LogP contribution in [0.3, 0.4) is 0 Å². The number of amides is 1. The summed E-state index contributed by atoms with van der Waals surface area (Å²) in [5, 5.41) is 6.64. The van der Waals surface area contributed by atoms with Gasteiger partial charge in [0.1, 0.15) is 0 Å². The number of anilines is 1. The van der Waals surface area contributed by atoms with Crippen LogP contribution in [0, 0.1) is 0 Å². The first-order valence-corrected chi connectivity index (χ1v) is 10.7. The van der Waals surface area contributed by atoms with Crippen LogP contribution in [0.4, 0.5) is 5.69 Å². The van der Waals surface area contributed by atoms with Gasteiger partial charge in [-0.2, -0.15) is 0 Å². The number of para-hydroxylation sites is 1. The monoisotopic (exact) mass is 385 g/mol. The van der Waals surface area contributed by atoms with Crippen LogP contribution in [0.15, 0.2) is 59.5 Å². The molecule has 2 saturated heterocycles. The van der Waals surface area contributed by atoms with Crippen LogP contribution >= 0.6 is 0 Å². The second kappa shape index (κ2) is 7.32. The van der Waals surface area contributed by atoms with E-state index in [1.807, 2.05) is 6.07 Å². The lowest BCUT2D eigenvalue weighted by Gasteiger charge is -2.29. The van der Waals surface area contributed by atoms with Crippen LogP contribution in [0.25, 0.3) is 0 Å². The lowest BCUT2D eigenvalue weighted by Crippen LogP contribution is -2.48. The Labute approximate surface area is 159 Å². The van der Waals surface area contributed by atoms with E-state index in [-0.39, 0.29) is 16.8 Å². The number of carbonyl (C=O) groups excluding carboxylic acids is 1. The number of carbonyl (C=O) groups is 1. The lowest BCUT2D eigenvalue weighted by molar-refractivity contribution is 0.0924. The molecule has 0 aliphatic carbocycles. The van der Waals surface area contributed by atoms with Gasteiger partial charge in [-0.25, -0.2) is 8.42 Å². The van der Waals surface area contributed by atoms with E-state index in [9.17, 15) is 13.2 Å². The van der Waals surface area contributed by atoms with Crippen LogP contribution in [-0.4, -0.2) is 32.5 Å². The predicted molar refractivity (Wildman–Crippen MR) is 104 cm³/mol. The number of nitrogens with one attached hydrogen (secondary N) is 3. The van der Waals surface area contributed by atoms with Crippen molar-refractivity contribution in [3.8, 4) is 0 Å². The van der Waals surface area contributed by atoms with Gasteiger partial charge >= 0.3 is 0 Å². The molecule has 3 N–H and O–H groups in total. The van der Waals surface area contributed by atoms with E-state index in [0.29, 0.717) is 23.3 Å². The van der Waals surface area contributed by atoms with Gasteiger partial charge < -0.3 is 10.6 Å². The molecule has 7 heteroatoms. The molecule has 2 heterocycles. The molecule has 6 nitrogen and oxygen atoms in total. The quantitative estimate of drug-likeness (QED) is 0.738. The van der Waals surface area contributed by atoms with Gasteiger partial charge in [-0.3, -0.25) is 9.52 Å². The number of hydrogen-bond acceptors (Lipinski definition) is 4. The fourth-order valence-electron chi connectivity index (χ4n) is 3.95. The summed E-state index contributed by atoms with van der Waals surface area (Å²) in [6.45, 7) is 0. The molecule has 2 aromatic rings. The lowest BCUT2D eigenvalue weighted by atomic mass is 9.99. The third kappa shape index (κ3) is 4.14. The van der Waals surface area contributed by atoms with E-state index >= 15 is 0 Å². The summed E-state index contributed by atoms with van der Waals surface area (Å²) in [4.78, 5) is 12.6. The van der Waals surface area contributed by atoms with E-state index in [2.05, 4.69) is 15.4 Å². The highest BCUT2D eigenvalue weighted by atomic mass is 32.2. The highest BCUT2D eigenvalue weighted by Crippen LogP contribution is 2.27. The van der Waals surface area contributed by atoms with Crippen molar-refractivity contribution in [1.29, 1.82) is 0 Å². The minimum absolute atomic E-state index is 0.128. The molecule has 2 aromatic carbocycles. The number of sulfonamides is 1. The van der Waals surface area contributed by atoms with Crippen molar-refractivity contribution in [3.63, 3.8) is 0 Å². The molecule has 1 amide bonds. The Bertz CT molecular complexity index is 901. The van der Waals surface area contributed by atoms with Crippen molar-refractivity contribution in [3.05, 3.63) is 60.2 Å². The summed E-state index contributed by atoms with van der Waals surface area (Å²) >= 11 is 0. The van der Waals surface area contributed by atoms with Crippen molar-refractivity contribution in [1.82, 2.24) is 10.6 Å². The molecule has 0 saturated carbocycles. The zero-order valence-corrected chi connectivity index (χ0v) is 15.7. The van der Waals surface area contributed by atoms with Crippen molar-refractivity contribution in [2.45, 2.75) is 48.7 Å².